The third kappa shape index (κ3) is 3.68. The van der Waals surface area contributed by atoms with Gasteiger partial charge in [-0.25, -0.2) is 0 Å². The molecule has 1 unspecified atom stereocenters. The molecule has 0 radical (unpaired) electrons. The van der Waals surface area contributed by atoms with Crippen molar-refractivity contribution < 1.29 is 14.3 Å². The zero-order valence-corrected chi connectivity index (χ0v) is 10.6. The maximum atomic E-state index is 11.8. The molecule has 2 aliphatic rings. The summed E-state index contributed by atoms with van der Waals surface area (Å²) in [6, 6.07) is -0.0662. The van der Waals surface area contributed by atoms with Crippen molar-refractivity contribution in [2.75, 3.05) is 39.4 Å². The first kappa shape index (κ1) is 13.3. The van der Waals surface area contributed by atoms with Crippen LogP contribution in [-0.2, 0) is 14.3 Å². The minimum absolute atomic E-state index is 0.0160. The molecular weight excluding hydrogens is 234 g/mol. The van der Waals surface area contributed by atoms with Gasteiger partial charge in [-0.05, 0) is 19.4 Å². The fraction of sp³-hybridized carbons (Fsp3) is 0.833. The van der Waals surface area contributed by atoms with E-state index in [0.717, 1.165) is 19.4 Å². The van der Waals surface area contributed by atoms with Gasteiger partial charge in [0.1, 0.15) is 0 Å². The van der Waals surface area contributed by atoms with E-state index in [9.17, 15) is 9.59 Å². The van der Waals surface area contributed by atoms with Crippen LogP contribution < -0.4 is 10.6 Å². The van der Waals surface area contributed by atoms with Gasteiger partial charge in [-0.15, -0.1) is 0 Å². The summed E-state index contributed by atoms with van der Waals surface area (Å²) in [5, 5.41) is 5.95. The van der Waals surface area contributed by atoms with E-state index in [-0.39, 0.29) is 17.9 Å². The molecule has 0 bridgehead atoms. The highest BCUT2D eigenvalue weighted by atomic mass is 16.5. The number of nitrogens with zero attached hydrogens (tertiary/aromatic N) is 1. The molecule has 0 spiro atoms. The minimum Gasteiger partial charge on any atom is -0.378 e. The normalized spacial score (nSPS) is 24.0. The molecule has 2 rings (SSSR count). The number of carbonyl (C=O) groups excluding carboxylic acids is 2. The number of rotatable bonds is 4. The third-order valence-electron chi connectivity index (χ3n) is 3.38. The Bertz CT molecular complexity index is 297. The predicted octanol–water partition coefficient (Wildman–Crippen LogP) is -0.896. The van der Waals surface area contributed by atoms with E-state index in [1.807, 2.05) is 0 Å². The number of carbonyl (C=O) groups is 2. The number of ether oxygens (including phenoxy) is 1. The summed E-state index contributed by atoms with van der Waals surface area (Å²) in [6.45, 7) is 3.89. The summed E-state index contributed by atoms with van der Waals surface area (Å²) in [7, 11) is 0. The van der Waals surface area contributed by atoms with Crippen molar-refractivity contribution in [3.05, 3.63) is 0 Å². The zero-order valence-electron chi connectivity index (χ0n) is 10.6. The summed E-state index contributed by atoms with van der Waals surface area (Å²) >= 11 is 0. The largest absolute Gasteiger partial charge is 0.378 e. The summed E-state index contributed by atoms with van der Waals surface area (Å²) in [5.41, 5.74) is 0. The molecule has 6 heteroatoms. The van der Waals surface area contributed by atoms with E-state index >= 15 is 0 Å². The average molecular weight is 255 g/mol. The molecule has 2 amide bonds. The monoisotopic (exact) mass is 255 g/mol. The molecule has 2 heterocycles. The van der Waals surface area contributed by atoms with Gasteiger partial charge < -0.3 is 20.3 Å². The van der Waals surface area contributed by atoms with Gasteiger partial charge >= 0.3 is 0 Å². The number of morpholine rings is 1. The Balaban J connectivity index is 1.62. The molecule has 0 aromatic rings. The first-order valence-electron chi connectivity index (χ1n) is 6.64. The molecule has 6 nitrogen and oxygen atoms in total. The SMILES string of the molecule is O=C(NCCC(=O)N1CCOCC1)C1CCCN1. The molecule has 18 heavy (non-hydrogen) atoms. The first-order valence-corrected chi connectivity index (χ1v) is 6.64. The summed E-state index contributed by atoms with van der Waals surface area (Å²) in [6.07, 6.45) is 2.31. The maximum Gasteiger partial charge on any atom is 0.237 e. The molecule has 0 saturated carbocycles. The Morgan fingerprint density at radius 1 is 1.33 bits per heavy atom. The van der Waals surface area contributed by atoms with Crippen molar-refractivity contribution in [3.8, 4) is 0 Å². The standard InChI is InChI=1S/C12H21N3O3/c16-11(15-6-8-18-9-7-15)3-5-14-12(17)10-2-1-4-13-10/h10,13H,1-9H2,(H,14,17). The molecule has 2 N–H and O–H groups in total. The van der Waals surface area contributed by atoms with Crippen LogP contribution in [-0.4, -0.2) is 62.1 Å². The average Bonchev–Trinajstić information content (AvgIpc) is 2.93. The highest BCUT2D eigenvalue weighted by molar-refractivity contribution is 5.83. The van der Waals surface area contributed by atoms with Gasteiger partial charge in [0.25, 0.3) is 0 Å². The number of nitrogens with one attached hydrogen (secondary N) is 2. The van der Waals surface area contributed by atoms with Crippen molar-refractivity contribution in [2.24, 2.45) is 0 Å². The van der Waals surface area contributed by atoms with Crippen LogP contribution in [0, 0.1) is 0 Å². The minimum atomic E-state index is -0.0662. The lowest BCUT2D eigenvalue weighted by molar-refractivity contribution is -0.135. The molecular formula is C12H21N3O3. The lowest BCUT2D eigenvalue weighted by atomic mass is 10.2. The van der Waals surface area contributed by atoms with Crippen LogP contribution in [0.5, 0.6) is 0 Å². The topological polar surface area (TPSA) is 70.7 Å². The van der Waals surface area contributed by atoms with Crippen LogP contribution in [0.1, 0.15) is 19.3 Å². The Kier molecular flexibility index (Phi) is 4.95. The van der Waals surface area contributed by atoms with E-state index in [2.05, 4.69) is 10.6 Å². The van der Waals surface area contributed by atoms with Gasteiger partial charge in [0.15, 0.2) is 0 Å². The molecule has 0 aliphatic carbocycles. The number of amides is 2. The van der Waals surface area contributed by atoms with Crippen LogP contribution in [0.25, 0.3) is 0 Å². The van der Waals surface area contributed by atoms with Crippen LogP contribution in [0.3, 0.4) is 0 Å². The molecule has 2 saturated heterocycles. The Morgan fingerprint density at radius 2 is 2.11 bits per heavy atom. The second-order valence-corrected chi connectivity index (χ2v) is 4.68. The third-order valence-corrected chi connectivity index (χ3v) is 3.38. The van der Waals surface area contributed by atoms with E-state index in [4.69, 9.17) is 4.74 Å². The van der Waals surface area contributed by atoms with Gasteiger partial charge in [-0.1, -0.05) is 0 Å². The van der Waals surface area contributed by atoms with Crippen molar-refractivity contribution in [1.82, 2.24) is 15.5 Å². The molecule has 0 aromatic carbocycles. The Hall–Kier alpha value is -1.14. The molecule has 2 fully saturated rings. The van der Waals surface area contributed by atoms with Crippen LogP contribution in [0.15, 0.2) is 0 Å². The lowest BCUT2D eigenvalue weighted by Gasteiger charge is -2.26. The summed E-state index contributed by atoms with van der Waals surface area (Å²) in [4.78, 5) is 25.3. The molecule has 1 atom stereocenters. The van der Waals surface area contributed by atoms with Crippen molar-refractivity contribution in [1.29, 1.82) is 0 Å². The zero-order chi connectivity index (χ0) is 12.8. The van der Waals surface area contributed by atoms with Crippen molar-refractivity contribution in [3.63, 3.8) is 0 Å². The quantitative estimate of drug-likeness (QED) is 0.683. The second-order valence-electron chi connectivity index (χ2n) is 4.68. The molecule has 2 aliphatic heterocycles. The van der Waals surface area contributed by atoms with Crippen molar-refractivity contribution in [2.45, 2.75) is 25.3 Å². The smallest absolute Gasteiger partial charge is 0.237 e. The lowest BCUT2D eigenvalue weighted by Crippen LogP contribution is -2.44. The van der Waals surface area contributed by atoms with Crippen LogP contribution in [0.4, 0.5) is 0 Å². The number of hydrogen-bond acceptors (Lipinski definition) is 4. The van der Waals surface area contributed by atoms with E-state index in [1.165, 1.54) is 0 Å². The second kappa shape index (κ2) is 6.70. The Labute approximate surface area is 107 Å². The molecule has 0 aromatic heterocycles. The number of hydrogen-bond donors (Lipinski definition) is 2. The van der Waals surface area contributed by atoms with Crippen LogP contribution in [0.2, 0.25) is 0 Å². The van der Waals surface area contributed by atoms with E-state index in [0.29, 0.717) is 39.3 Å². The van der Waals surface area contributed by atoms with E-state index in [1.54, 1.807) is 4.90 Å². The first-order chi connectivity index (χ1) is 8.77. The van der Waals surface area contributed by atoms with Gasteiger partial charge in [0, 0.05) is 26.1 Å². The van der Waals surface area contributed by atoms with E-state index < -0.39 is 0 Å². The summed E-state index contributed by atoms with van der Waals surface area (Å²) < 4.78 is 5.19. The van der Waals surface area contributed by atoms with Gasteiger partial charge in [0.05, 0.1) is 19.3 Å². The van der Waals surface area contributed by atoms with Crippen molar-refractivity contribution >= 4 is 11.8 Å². The van der Waals surface area contributed by atoms with Crippen LogP contribution >= 0.6 is 0 Å². The fourth-order valence-corrected chi connectivity index (χ4v) is 2.30. The van der Waals surface area contributed by atoms with Gasteiger partial charge in [-0.3, -0.25) is 9.59 Å². The highest BCUT2D eigenvalue weighted by Gasteiger charge is 2.22. The Morgan fingerprint density at radius 3 is 2.78 bits per heavy atom. The highest BCUT2D eigenvalue weighted by Crippen LogP contribution is 2.04. The molecule has 102 valence electrons. The fourth-order valence-electron chi connectivity index (χ4n) is 2.30. The maximum absolute atomic E-state index is 11.8. The summed E-state index contributed by atoms with van der Waals surface area (Å²) in [5.74, 6) is 0.111. The predicted molar refractivity (Wildman–Crippen MR) is 66.1 cm³/mol. The van der Waals surface area contributed by atoms with Gasteiger partial charge in [0.2, 0.25) is 11.8 Å². The van der Waals surface area contributed by atoms with Gasteiger partial charge in [-0.2, -0.15) is 0 Å².